The van der Waals surface area contributed by atoms with E-state index in [1.807, 2.05) is 0 Å². The fourth-order valence-corrected chi connectivity index (χ4v) is 14.3. The zero-order valence-corrected chi connectivity index (χ0v) is 46.1. The van der Waals surface area contributed by atoms with E-state index in [9.17, 15) is 0 Å². The highest BCUT2D eigenvalue weighted by atomic mass is 16.5. The number of anilines is 6. The molecule has 4 aliphatic heterocycles. The van der Waals surface area contributed by atoms with E-state index in [0.29, 0.717) is 0 Å². The van der Waals surface area contributed by atoms with Crippen LogP contribution in [0.4, 0.5) is 34.1 Å². The average molecular weight is 1080 g/mol. The zero-order valence-electron chi connectivity index (χ0n) is 46.1. The number of rotatable bonds is 7. The first-order chi connectivity index (χ1) is 42.1. The van der Waals surface area contributed by atoms with Crippen LogP contribution in [0.25, 0.3) is 72.0 Å². The van der Waals surface area contributed by atoms with Crippen molar-refractivity contribution in [1.82, 2.24) is 4.57 Å². The SMILES string of the molecule is c1ccc(-c2ccc(N3c4ccc(-c5ccccc5)cc4B4c5cc6c7cc8c(cc7n(-c7ccccc7)c6cc5Oc5cccc3c54)Oc3cccc4c3B8c3cc(-c5ccccc5)ccc3N4c3ccc(-c4ccccc4)cc3)cc2)cc1. The summed E-state index contributed by atoms with van der Waals surface area (Å²) in [6, 6.07) is 108. The Morgan fingerprint density at radius 2 is 0.588 bits per heavy atom. The predicted octanol–water partition coefficient (Wildman–Crippen LogP) is 16.3. The van der Waals surface area contributed by atoms with Gasteiger partial charge in [-0.2, -0.15) is 0 Å². The van der Waals surface area contributed by atoms with Crippen molar-refractivity contribution < 1.29 is 9.47 Å². The van der Waals surface area contributed by atoms with Gasteiger partial charge in [0.05, 0.1) is 11.0 Å². The lowest BCUT2D eigenvalue weighted by Crippen LogP contribution is -2.59. The molecule has 5 heterocycles. The lowest BCUT2D eigenvalue weighted by atomic mass is 9.34. The second-order valence-electron chi connectivity index (χ2n) is 22.7. The van der Waals surface area contributed by atoms with Crippen molar-refractivity contribution in [3.05, 3.63) is 297 Å². The molecule has 0 bridgehead atoms. The number of nitrogens with zero attached hydrogens (tertiary/aromatic N) is 3. The zero-order chi connectivity index (χ0) is 55.7. The minimum atomic E-state index is -0.141. The fraction of sp³-hybridized carbons (Fsp3) is 0. The van der Waals surface area contributed by atoms with Crippen molar-refractivity contribution in [1.29, 1.82) is 0 Å². The molecule has 0 saturated carbocycles. The minimum absolute atomic E-state index is 0.141. The number of benzene rings is 13. The molecule has 5 nitrogen and oxygen atoms in total. The number of hydrogen-bond acceptors (Lipinski definition) is 4. The first-order valence-electron chi connectivity index (χ1n) is 29.3. The largest absolute Gasteiger partial charge is 0.458 e. The smallest absolute Gasteiger partial charge is 0.256 e. The molecule has 394 valence electrons. The second-order valence-corrected chi connectivity index (χ2v) is 22.7. The quantitative estimate of drug-likeness (QED) is 0.149. The van der Waals surface area contributed by atoms with Crippen LogP contribution in [0.15, 0.2) is 297 Å². The first-order valence-corrected chi connectivity index (χ1v) is 29.3. The van der Waals surface area contributed by atoms with Gasteiger partial charge in [-0.3, -0.25) is 0 Å². The molecule has 1 aromatic heterocycles. The van der Waals surface area contributed by atoms with E-state index in [0.717, 1.165) is 106 Å². The first kappa shape index (κ1) is 47.6. The van der Waals surface area contributed by atoms with Gasteiger partial charge in [-0.05, 0) is 150 Å². The van der Waals surface area contributed by atoms with Crippen LogP contribution < -0.4 is 52.1 Å². The van der Waals surface area contributed by atoms with Gasteiger partial charge in [-0.25, -0.2) is 0 Å². The van der Waals surface area contributed by atoms with Gasteiger partial charge < -0.3 is 23.8 Å². The molecule has 0 aliphatic carbocycles. The van der Waals surface area contributed by atoms with E-state index in [4.69, 9.17) is 9.47 Å². The number of aromatic nitrogens is 1. The molecule has 0 unspecified atom stereocenters. The highest BCUT2D eigenvalue weighted by molar-refractivity contribution is 7.00. The van der Waals surface area contributed by atoms with Gasteiger partial charge in [0, 0.05) is 62.7 Å². The summed E-state index contributed by atoms with van der Waals surface area (Å²) >= 11 is 0. The molecule has 0 spiro atoms. The molecule has 0 fully saturated rings. The van der Waals surface area contributed by atoms with E-state index in [2.05, 4.69) is 312 Å². The molecule has 14 aromatic rings. The van der Waals surface area contributed by atoms with Gasteiger partial charge in [0.25, 0.3) is 13.4 Å². The molecule has 0 saturated heterocycles. The summed E-state index contributed by atoms with van der Waals surface area (Å²) in [5, 5.41) is 2.30. The van der Waals surface area contributed by atoms with Crippen LogP contribution >= 0.6 is 0 Å². The van der Waals surface area contributed by atoms with Gasteiger partial charge >= 0.3 is 0 Å². The normalized spacial score (nSPS) is 13.0. The predicted molar refractivity (Wildman–Crippen MR) is 354 cm³/mol. The van der Waals surface area contributed by atoms with Crippen LogP contribution in [-0.4, -0.2) is 18.0 Å². The molecule has 0 atom stereocenters. The monoisotopic (exact) mass is 1080 g/mol. The van der Waals surface area contributed by atoms with E-state index in [1.54, 1.807) is 0 Å². The summed E-state index contributed by atoms with van der Waals surface area (Å²) < 4.78 is 17.0. The van der Waals surface area contributed by atoms with Gasteiger partial charge in [-0.1, -0.05) is 212 Å². The second kappa shape index (κ2) is 18.8. The van der Waals surface area contributed by atoms with Crippen LogP contribution in [0.5, 0.6) is 23.0 Å². The Morgan fingerprint density at radius 1 is 0.235 bits per heavy atom. The van der Waals surface area contributed by atoms with Crippen LogP contribution in [0.2, 0.25) is 0 Å². The number of para-hydroxylation sites is 1. The summed E-state index contributed by atoms with van der Waals surface area (Å²) in [6.45, 7) is -0.282. The summed E-state index contributed by atoms with van der Waals surface area (Å²) in [5.74, 6) is 3.43. The Balaban J connectivity index is 0.853. The van der Waals surface area contributed by atoms with Crippen molar-refractivity contribution in [2.24, 2.45) is 0 Å². The van der Waals surface area contributed by atoms with Crippen LogP contribution in [0, 0.1) is 0 Å². The third-order valence-corrected chi connectivity index (χ3v) is 18.1. The maximum Gasteiger partial charge on any atom is 0.256 e. The molecule has 0 amide bonds. The van der Waals surface area contributed by atoms with E-state index >= 15 is 0 Å². The summed E-state index contributed by atoms with van der Waals surface area (Å²) in [6.07, 6.45) is 0. The third kappa shape index (κ3) is 7.40. The maximum absolute atomic E-state index is 7.30. The molecule has 4 aliphatic rings. The number of fused-ring (bicyclic) bond motifs is 11. The van der Waals surface area contributed by atoms with Gasteiger partial charge in [0.1, 0.15) is 23.0 Å². The molecule has 18 rings (SSSR count). The lowest BCUT2D eigenvalue weighted by molar-refractivity contribution is 0.488. The molecule has 0 radical (unpaired) electrons. The Morgan fingerprint density at radius 3 is 0.988 bits per heavy atom. The third-order valence-electron chi connectivity index (χ3n) is 18.1. The molecular weight excluding hydrogens is 1030 g/mol. The van der Waals surface area contributed by atoms with E-state index in [1.165, 1.54) is 55.4 Å². The van der Waals surface area contributed by atoms with Crippen molar-refractivity contribution >= 4 is 102 Å². The summed E-state index contributed by atoms with van der Waals surface area (Å²) in [5.41, 5.74) is 26.4. The summed E-state index contributed by atoms with van der Waals surface area (Å²) in [7, 11) is 0. The topological polar surface area (TPSA) is 29.9 Å². The number of hydrogen-bond donors (Lipinski definition) is 0. The van der Waals surface area contributed by atoms with Gasteiger partial charge in [-0.15, -0.1) is 0 Å². The number of ether oxygens (including phenoxy) is 2. The van der Waals surface area contributed by atoms with Crippen LogP contribution in [-0.2, 0) is 0 Å². The highest BCUT2D eigenvalue weighted by Crippen LogP contribution is 2.47. The molecule has 7 heteroatoms. The van der Waals surface area contributed by atoms with Crippen molar-refractivity contribution in [2.45, 2.75) is 0 Å². The standard InChI is InChI=1S/C78H49B2N3O2/c1-6-18-50(19-7-1)54-32-38-59(39-33-54)81-67-42-36-56(52-22-10-3-11-23-52)44-63(67)79-65-46-61-62-47-66-76(49-72(62)83(58-26-14-5-15-27-58)71(61)48-75(65)84-73-30-16-28-69(81)77(73)79)85-74-31-17-29-70-78(74)80(66)64-45-57(53-24-12-4-13-25-53)37-43-68(64)82(70)60-40-34-55(35-41-60)51-20-8-2-9-21-51/h1-49H. The van der Waals surface area contributed by atoms with E-state index < -0.39 is 0 Å². The van der Waals surface area contributed by atoms with Gasteiger partial charge in [0.15, 0.2) is 0 Å². The maximum atomic E-state index is 7.30. The Hall–Kier alpha value is -11.0. The molecule has 85 heavy (non-hydrogen) atoms. The minimum Gasteiger partial charge on any atom is -0.458 e. The van der Waals surface area contributed by atoms with Crippen molar-refractivity contribution in [3.8, 4) is 73.2 Å². The Bertz CT molecular complexity index is 4700. The highest BCUT2D eigenvalue weighted by Gasteiger charge is 2.45. The average Bonchev–Trinajstić information content (AvgIpc) is 1.76. The van der Waals surface area contributed by atoms with Crippen molar-refractivity contribution in [2.75, 3.05) is 9.80 Å². The van der Waals surface area contributed by atoms with Crippen LogP contribution in [0.3, 0.4) is 0 Å². The Labute approximate surface area is 493 Å². The lowest BCUT2D eigenvalue weighted by Gasteiger charge is -2.40. The molecular formula is C78H49B2N3O2. The fourth-order valence-electron chi connectivity index (χ4n) is 14.3. The van der Waals surface area contributed by atoms with Crippen LogP contribution in [0.1, 0.15) is 0 Å². The Kier molecular flexibility index (Phi) is 10.5. The van der Waals surface area contributed by atoms with Crippen molar-refractivity contribution in [3.63, 3.8) is 0 Å². The molecule has 13 aromatic carbocycles. The van der Waals surface area contributed by atoms with Gasteiger partial charge in [0.2, 0.25) is 0 Å². The summed E-state index contributed by atoms with van der Waals surface area (Å²) in [4.78, 5) is 4.87. The molecule has 0 N–H and O–H groups in total. The van der Waals surface area contributed by atoms with E-state index in [-0.39, 0.29) is 13.4 Å².